The minimum absolute atomic E-state index is 0.0924. The van der Waals surface area contributed by atoms with Gasteiger partial charge in [0, 0.05) is 17.7 Å². The van der Waals surface area contributed by atoms with Crippen LogP contribution in [0, 0.1) is 5.92 Å². The number of benzene rings is 2. The van der Waals surface area contributed by atoms with E-state index in [-0.39, 0.29) is 24.2 Å². The second kappa shape index (κ2) is 9.12. The lowest BCUT2D eigenvalue weighted by Gasteiger charge is -2.25. The number of Topliss-reactive ketones (excluding diaryl/α,β-unsaturated/α-hetero) is 1. The maximum Gasteiger partial charge on any atom is 0.325 e. The number of rotatable bonds is 8. The first kappa shape index (κ1) is 22.2. The van der Waals surface area contributed by atoms with Crippen LogP contribution in [0.25, 0.3) is 0 Å². The number of nitrogens with zero attached hydrogens (tertiary/aromatic N) is 1. The summed E-state index contributed by atoms with van der Waals surface area (Å²) in [6.45, 7) is 5.39. The van der Waals surface area contributed by atoms with Crippen LogP contribution < -0.4 is 10.6 Å². The van der Waals surface area contributed by atoms with E-state index in [4.69, 9.17) is 0 Å². The first-order valence-corrected chi connectivity index (χ1v) is 10.4. The summed E-state index contributed by atoms with van der Waals surface area (Å²) in [5.41, 5.74) is 0.470. The van der Waals surface area contributed by atoms with E-state index in [1.807, 2.05) is 39.0 Å². The normalized spacial score (nSPS) is 18.3. The minimum Gasteiger partial charge on any atom is -0.326 e. The van der Waals surface area contributed by atoms with Crippen LogP contribution >= 0.6 is 0 Å². The first-order chi connectivity index (χ1) is 14.8. The highest BCUT2D eigenvalue weighted by Gasteiger charge is 2.51. The molecule has 3 rings (SSSR count). The predicted octanol–water partition coefficient (Wildman–Crippen LogP) is 3.71. The molecule has 1 aliphatic rings. The van der Waals surface area contributed by atoms with Crippen molar-refractivity contribution in [2.24, 2.45) is 5.92 Å². The van der Waals surface area contributed by atoms with E-state index in [0.29, 0.717) is 29.7 Å². The Morgan fingerprint density at radius 3 is 2.26 bits per heavy atom. The standard InChI is InChI=1S/C24H27N3O4/c1-4-24(18-8-6-5-7-9-18)22(30)27(23(31)26-24)15-20(28)17-10-12-19(13-11-17)25-21(29)14-16(2)3/h5-13,16H,4,14-15H2,1-3H3,(H,25,29)(H,26,31). The van der Waals surface area contributed by atoms with Gasteiger partial charge >= 0.3 is 6.03 Å². The van der Waals surface area contributed by atoms with Crippen LogP contribution in [0.4, 0.5) is 10.5 Å². The summed E-state index contributed by atoms with van der Waals surface area (Å²) >= 11 is 0. The van der Waals surface area contributed by atoms with Crippen LogP contribution in [0.3, 0.4) is 0 Å². The number of nitrogens with one attached hydrogen (secondary N) is 2. The average molecular weight is 421 g/mol. The van der Waals surface area contributed by atoms with Crippen molar-refractivity contribution in [3.8, 4) is 0 Å². The molecule has 7 nitrogen and oxygen atoms in total. The zero-order valence-corrected chi connectivity index (χ0v) is 18.0. The Balaban J connectivity index is 1.71. The molecule has 1 unspecified atom stereocenters. The fourth-order valence-corrected chi connectivity index (χ4v) is 3.69. The number of hydrogen-bond acceptors (Lipinski definition) is 4. The lowest BCUT2D eigenvalue weighted by Crippen LogP contribution is -2.43. The van der Waals surface area contributed by atoms with Crippen LogP contribution in [-0.2, 0) is 15.1 Å². The topological polar surface area (TPSA) is 95.6 Å². The first-order valence-electron chi connectivity index (χ1n) is 10.4. The van der Waals surface area contributed by atoms with Crippen molar-refractivity contribution in [2.75, 3.05) is 11.9 Å². The van der Waals surface area contributed by atoms with E-state index >= 15 is 0 Å². The van der Waals surface area contributed by atoms with Crippen molar-refractivity contribution in [2.45, 2.75) is 39.2 Å². The highest BCUT2D eigenvalue weighted by atomic mass is 16.2. The molecule has 0 bridgehead atoms. The Kier molecular flexibility index (Phi) is 6.53. The molecule has 0 radical (unpaired) electrons. The van der Waals surface area contributed by atoms with Gasteiger partial charge < -0.3 is 10.6 Å². The molecule has 0 saturated carbocycles. The number of anilines is 1. The Hall–Kier alpha value is -3.48. The van der Waals surface area contributed by atoms with E-state index in [0.717, 1.165) is 4.90 Å². The van der Waals surface area contributed by atoms with Gasteiger partial charge in [0.25, 0.3) is 5.91 Å². The molecule has 0 spiro atoms. The SMILES string of the molecule is CCC1(c2ccccc2)NC(=O)N(CC(=O)c2ccc(NC(=O)CC(C)C)cc2)C1=O. The lowest BCUT2D eigenvalue weighted by atomic mass is 9.87. The van der Waals surface area contributed by atoms with E-state index in [1.165, 1.54) is 0 Å². The molecule has 2 aromatic carbocycles. The second-order valence-corrected chi connectivity index (χ2v) is 8.09. The molecule has 4 amide bonds. The molecule has 1 atom stereocenters. The second-order valence-electron chi connectivity index (χ2n) is 8.09. The van der Waals surface area contributed by atoms with Gasteiger partial charge in [-0.15, -0.1) is 0 Å². The van der Waals surface area contributed by atoms with Crippen molar-refractivity contribution in [3.05, 3.63) is 65.7 Å². The molecule has 7 heteroatoms. The van der Waals surface area contributed by atoms with Crippen LogP contribution in [0.1, 0.15) is 49.5 Å². The Bertz CT molecular complexity index is 986. The van der Waals surface area contributed by atoms with Crippen LogP contribution in [-0.4, -0.2) is 35.1 Å². The summed E-state index contributed by atoms with van der Waals surface area (Å²) < 4.78 is 0. The molecular formula is C24H27N3O4. The van der Waals surface area contributed by atoms with Gasteiger partial charge in [-0.3, -0.25) is 19.3 Å². The monoisotopic (exact) mass is 421 g/mol. The Morgan fingerprint density at radius 2 is 1.68 bits per heavy atom. The Morgan fingerprint density at radius 1 is 1.03 bits per heavy atom. The molecule has 31 heavy (non-hydrogen) atoms. The number of ketones is 1. The molecule has 1 fully saturated rings. The fraction of sp³-hybridized carbons (Fsp3) is 0.333. The quantitative estimate of drug-likeness (QED) is 0.502. The van der Waals surface area contributed by atoms with E-state index < -0.39 is 17.5 Å². The average Bonchev–Trinajstić information content (AvgIpc) is 2.99. The Labute approximate surface area is 181 Å². The van der Waals surface area contributed by atoms with Crippen molar-refractivity contribution >= 4 is 29.3 Å². The van der Waals surface area contributed by atoms with Gasteiger partial charge in [-0.25, -0.2) is 4.79 Å². The van der Waals surface area contributed by atoms with E-state index in [1.54, 1.807) is 36.4 Å². The molecular weight excluding hydrogens is 394 g/mol. The van der Waals surface area contributed by atoms with Gasteiger partial charge in [0.05, 0.1) is 6.54 Å². The summed E-state index contributed by atoms with van der Waals surface area (Å²) in [7, 11) is 0. The van der Waals surface area contributed by atoms with Gasteiger partial charge in [0.1, 0.15) is 5.54 Å². The largest absolute Gasteiger partial charge is 0.326 e. The van der Waals surface area contributed by atoms with Crippen LogP contribution in [0.2, 0.25) is 0 Å². The van der Waals surface area contributed by atoms with E-state index in [2.05, 4.69) is 10.6 Å². The maximum atomic E-state index is 13.1. The molecule has 2 aromatic rings. The van der Waals surface area contributed by atoms with Gasteiger partial charge in [0.15, 0.2) is 5.78 Å². The van der Waals surface area contributed by atoms with Crippen LogP contribution in [0.15, 0.2) is 54.6 Å². The van der Waals surface area contributed by atoms with Crippen molar-refractivity contribution in [3.63, 3.8) is 0 Å². The summed E-state index contributed by atoms with van der Waals surface area (Å²) in [6.07, 6.45) is 0.782. The van der Waals surface area contributed by atoms with Gasteiger partial charge in [-0.2, -0.15) is 0 Å². The molecule has 1 saturated heterocycles. The molecule has 0 aromatic heterocycles. The summed E-state index contributed by atoms with van der Waals surface area (Å²) in [6, 6.07) is 14.9. The third kappa shape index (κ3) is 4.66. The highest BCUT2D eigenvalue weighted by molar-refractivity contribution is 6.11. The lowest BCUT2D eigenvalue weighted by molar-refractivity contribution is -0.131. The van der Waals surface area contributed by atoms with Gasteiger partial charge in [0.2, 0.25) is 5.91 Å². The number of urea groups is 1. The molecule has 0 aliphatic carbocycles. The van der Waals surface area contributed by atoms with E-state index in [9.17, 15) is 19.2 Å². The number of carbonyl (C=O) groups is 4. The third-order valence-electron chi connectivity index (χ3n) is 5.36. The number of carbonyl (C=O) groups excluding carboxylic acids is 4. The number of hydrogen-bond donors (Lipinski definition) is 2. The van der Waals surface area contributed by atoms with Gasteiger partial charge in [-0.1, -0.05) is 51.1 Å². The number of amides is 4. The van der Waals surface area contributed by atoms with Crippen molar-refractivity contribution in [1.82, 2.24) is 10.2 Å². The summed E-state index contributed by atoms with van der Waals surface area (Å²) in [4.78, 5) is 51.3. The molecule has 1 heterocycles. The fourth-order valence-electron chi connectivity index (χ4n) is 3.69. The van der Waals surface area contributed by atoms with Crippen LogP contribution in [0.5, 0.6) is 0 Å². The third-order valence-corrected chi connectivity index (χ3v) is 5.36. The van der Waals surface area contributed by atoms with Crippen molar-refractivity contribution in [1.29, 1.82) is 0 Å². The zero-order chi connectivity index (χ0) is 22.6. The number of imide groups is 1. The highest BCUT2D eigenvalue weighted by Crippen LogP contribution is 2.32. The predicted molar refractivity (Wildman–Crippen MR) is 118 cm³/mol. The molecule has 1 aliphatic heterocycles. The molecule has 162 valence electrons. The minimum atomic E-state index is -1.16. The summed E-state index contributed by atoms with van der Waals surface area (Å²) in [5, 5.41) is 5.56. The molecule has 2 N–H and O–H groups in total. The summed E-state index contributed by atoms with van der Waals surface area (Å²) in [5.74, 6) is -0.637. The zero-order valence-electron chi connectivity index (χ0n) is 18.0. The van der Waals surface area contributed by atoms with Gasteiger partial charge in [-0.05, 0) is 42.2 Å². The van der Waals surface area contributed by atoms with Crippen molar-refractivity contribution < 1.29 is 19.2 Å². The smallest absolute Gasteiger partial charge is 0.325 e. The maximum absolute atomic E-state index is 13.1.